The van der Waals surface area contributed by atoms with Crippen molar-refractivity contribution in [1.82, 2.24) is 10.3 Å². The number of amides is 1. The van der Waals surface area contributed by atoms with Crippen molar-refractivity contribution in [3.8, 4) is 0 Å². The number of hydrazone groups is 1. The smallest absolute Gasteiger partial charge is 0.266 e. The molecule has 1 amide bonds. The number of rotatable bonds is 10. The minimum atomic E-state index is -3.14. The summed E-state index contributed by atoms with van der Waals surface area (Å²) in [6.45, 7) is 9.01. The highest BCUT2D eigenvalue weighted by Crippen LogP contribution is 2.32. The minimum Gasteiger partial charge on any atom is -0.342 e. The Hall–Kier alpha value is -2.61. The first-order chi connectivity index (χ1) is 14.6. The highest BCUT2D eigenvalue weighted by atomic mass is 19.3. The Kier molecular flexibility index (Phi) is 8.44. The van der Waals surface area contributed by atoms with Crippen LogP contribution in [0.4, 0.5) is 13.2 Å². The Morgan fingerprint density at radius 2 is 2.16 bits per heavy atom. The van der Waals surface area contributed by atoms with Gasteiger partial charge in [-0.05, 0) is 42.6 Å². The topological polar surface area (TPSA) is 70.7 Å². The van der Waals surface area contributed by atoms with Gasteiger partial charge in [0, 0.05) is 18.5 Å². The molecule has 0 spiro atoms. The first kappa shape index (κ1) is 24.7. The maximum Gasteiger partial charge on any atom is 0.266 e. The summed E-state index contributed by atoms with van der Waals surface area (Å²) in [6, 6.07) is -2.29. The van der Waals surface area contributed by atoms with Crippen LogP contribution in [0.1, 0.15) is 46.5 Å². The number of nitrogens with zero attached hydrogens (tertiary/aromatic N) is 2. The molecule has 0 aromatic carbocycles. The van der Waals surface area contributed by atoms with Gasteiger partial charge in [-0.2, -0.15) is 5.10 Å². The van der Waals surface area contributed by atoms with Crippen LogP contribution in [-0.2, 0) is 4.79 Å². The normalized spacial score (nSPS) is 18.9. The van der Waals surface area contributed by atoms with Gasteiger partial charge in [-0.25, -0.2) is 13.2 Å². The quantitative estimate of drug-likeness (QED) is 0.495. The Labute approximate surface area is 181 Å². The molecule has 170 valence electrons. The Morgan fingerprint density at radius 3 is 2.74 bits per heavy atom. The molecule has 31 heavy (non-hydrogen) atoms. The molecule has 2 unspecified atom stereocenters. The summed E-state index contributed by atoms with van der Waals surface area (Å²) in [4.78, 5) is 12.8. The number of alkyl halides is 2. The molecule has 1 aliphatic carbocycles. The average molecular weight is 437 g/mol. The lowest BCUT2D eigenvalue weighted by Crippen LogP contribution is -2.56. The van der Waals surface area contributed by atoms with Gasteiger partial charge in [-0.3, -0.25) is 9.80 Å². The van der Waals surface area contributed by atoms with Gasteiger partial charge in [-0.1, -0.05) is 38.5 Å². The number of hydrogen-bond donors (Lipinski definition) is 2. The van der Waals surface area contributed by atoms with Gasteiger partial charge in [0.1, 0.15) is 11.9 Å². The lowest BCUT2D eigenvalue weighted by Gasteiger charge is -2.30. The van der Waals surface area contributed by atoms with Crippen molar-refractivity contribution in [2.45, 2.75) is 64.5 Å². The number of nitrogens with one attached hydrogen (secondary N) is 1. The van der Waals surface area contributed by atoms with Crippen molar-refractivity contribution in [2.75, 3.05) is 6.54 Å². The van der Waals surface area contributed by atoms with E-state index in [4.69, 9.17) is 5.73 Å². The summed E-state index contributed by atoms with van der Waals surface area (Å²) in [5.74, 6) is -4.10. The van der Waals surface area contributed by atoms with E-state index in [-0.39, 0.29) is 0 Å². The van der Waals surface area contributed by atoms with Crippen LogP contribution in [0.25, 0.3) is 0 Å². The summed E-state index contributed by atoms with van der Waals surface area (Å²) >= 11 is 0. The average Bonchev–Trinajstić information content (AvgIpc) is 3.14. The third-order valence-corrected chi connectivity index (χ3v) is 5.25. The summed E-state index contributed by atoms with van der Waals surface area (Å²) in [5, 5.41) is 8.07. The molecule has 8 heteroatoms. The molecule has 2 atom stereocenters. The first-order valence-corrected chi connectivity index (χ1v) is 10.5. The molecular formula is C23H31F3N4O. The third kappa shape index (κ3) is 6.69. The van der Waals surface area contributed by atoms with Crippen LogP contribution >= 0.6 is 0 Å². The van der Waals surface area contributed by atoms with Crippen molar-refractivity contribution >= 4 is 12.1 Å². The maximum atomic E-state index is 14.1. The summed E-state index contributed by atoms with van der Waals surface area (Å²) < 4.78 is 41.4. The van der Waals surface area contributed by atoms with E-state index in [9.17, 15) is 18.0 Å². The van der Waals surface area contributed by atoms with Crippen LogP contribution in [0, 0.1) is 0 Å². The molecule has 3 N–H and O–H groups in total. The number of halogens is 3. The van der Waals surface area contributed by atoms with Gasteiger partial charge in [0.15, 0.2) is 0 Å². The van der Waals surface area contributed by atoms with E-state index < -0.39 is 29.7 Å². The van der Waals surface area contributed by atoms with Gasteiger partial charge in [0.2, 0.25) is 5.91 Å². The molecule has 0 aromatic heterocycles. The van der Waals surface area contributed by atoms with Crippen LogP contribution in [0.3, 0.4) is 0 Å². The molecule has 5 nitrogen and oxygen atoms in total. The monoisotopic (exact) mass is 436 g/mol. The van der Waals surface area contributed by atoms with Gasteiger partial charge in [0.25, 0.3) is 5.92 Å². The van der Waals surface area contributed by atoms with Crippen molar-refractivity contribution in [2.24, 2.45) is 10.8 Å². The zero-order valence-electron chi connectivity index (χ0n) is 18.3. The second-order valence-electron chi connectivity index (χ2n) is 7.89. The molecule has 0 aromatic rings. The Bertz CT molecular complexity index is 849. The van der Waals surface area contributed by atoms with Crippen molar-refractivity contribution in [3.63, 3.8) is 0 Å². The van der Waals surface area contributed by atoms with Gasteiger partial charge in [-0.15, -0.1) is 0 Å². The molecular weight excluding hydrogens is 405 g/mol. The van der Waals surface area contributed by atoms with Crippen molar-refractivity contribution in [1.29, 1.82) is 0 Å². The predicted molar refractivity (Wildman–Crippen MR) is 118 cm³/mol. The molecule has 2 rings (SSSR count). The predicted octanol–water partition coefficient (Wildman–Crippen LogP) is 4.52. The molecule has 1 heterocycles. The number of hydrogen-bond acceptors (Lipinski definition) is 4. The highest BCUT2D eigenvalue weighted by molar-refractivity contribution is 5.97. The van der Waals surface area contributed by atoms with E-state index in [0.717, 1.165) is 18.1 Å². The van der Waals surface area contributed by atoms with Crippen LogP contribution in [-0.4, -0.2) is 41.7 Å². The zero-order valence-corrected chi connectivity index (χ0v) is 18.3. The molecule has 0 radical (unpaired) electrons. The van der Waals surface area contributed by atoms with E-state index in [2.05, 4.69) is 17.0 Å². The van der Waals surface area contributed by atoms with Crippen LogP contribution in [0.5, 0.6) is 0 Å². The SMILES string of the molecule is C=C(C=NN1C=C(F)C=CC1)C1=C(CC)CC(C(=O)NC(C(N)CCC)C(C)(F)F)=C1. The fourth-order valence-corrected chi connectivity index (χ4v) is 3.58. The van der Waals surface area contributed by atoms with Crippen LogP contribution in [0.15, 0.2) is 64.2 Å². The summed E-state index contributed by atoms with van der Waals surface area (Å²) in [5.41, 5.74) is 8.55. The zero-order chi connectivity index (χ0) is 23.2. The van der Waals surface area contributed by atoms with Crippen LogP contribution < -0.4 is 11.1 Å². The fourth-order valence-electron chi connectivity index (χ4n) is 3.58. The van der Waals surface area contributed by atoms with Crippen LogP contribution in [0.2, 0.25) is 0 Å². The molecule has 0 fully saturated rings. The summed E-state index contributed by atoms with van der Waals surface area (Å²) in [6.07, 6.45) is 9.48. The van der Waals surface area contributed by atoms with E-state index in [1.165, 1.54) is 23.5 Å². The van der Waals surface area contributed by atoms with Gasteiger partial charge < -0.3 is 11.1 Å². The standard InChI is InChI=1S/C23H31F3N4O/c1-5-8-20(27)21(23(4,25)26)29-22(31)17-11-16(6-2)19(12-17)15(3)13-28-30-10-7-9-18(24)14-30/h7,9,12-14,20-21H,3,5-6,8,10-11,27H2,1-2,4H3,(H,29,31). The fraction of sp³-hybridized carbons (Fsp3) is 0.478. The molecule has 0 bridgehead atoms. The molecule has 0 saturated heterocycles. The third-order valence-electron chi connectivity index (χ3n) is 5.25. The summed E-state index contributed by atoms with van der Waals surface area (Å²) in [7, 11) is 0. The van der Waals surface area contributed by atoms with E-state index >= 15 is 0 Å². The van der Waals surface area contributed by atoms with E-state index in [1.807, 2.05) is 13.8 Å². The Balaban J connectivity index is 2.13. The molecule has 1 aliphatic heterocycles. The maximum absolute atomic E-state index is 14.1. The lowest BCUT2D eigenvalue weighted by molar-refractivity contribution is -0.122. The number of carbonyl (C=O) groups excluding carboxylic acids is 1. The van der Waals surface area contributed by atoms with Crippen molar-refractivity contribution in [3.05, 3.63) is 59.1 Å². The minimum absolute atomic E-state index is 0.344. The second kappa shape index (κ2) is 10.6. The molecule has 0 saturated carbocycles. The highest BCUT2D eigenvalue weighted by Gasteiger charge is 2.40. The molecule has 2 aliphatic rings. The number of carbonyl (C=O) groups is 1. The first-order valence-electron chi connectivity index (χ1n) is 10.5. The van der Waals surface area contributed by atoms with E-state index in [0.29, 0.717) is 43.4 Å². The van der Waals surface area contributed by atoms with Gasteiger partial charge >= 0.3 is 0 Å². The largest absolute Gasteiger partial charge is 0.342 e. The van der Waals surface area contributed by atoms with E-state index in [1.54, 1.807) is 12.2 Å². The lowest BCUT2D eigenvalue weighted by atomic mass is 9.98. The second-order valence-corrected chi connectivity index (χ2v) is 7.89. The van der Waals surface area contributed by atoms with Gasteiger partial charge in [0.05, 0.1) is 19.0 Å². The Morgan fingerprint density at radius 1 is 1.45 bits per heavy atom. The number of nitrogens with two attached hydrogens (primary N) is 1. The van der Waals surface area contributed by atoms with Crippen molar-refractivity contribution < 1.29 is 18.0 Å². The number of allylic oxidation sites excluding steroid dienone is 6.